The summed E-state index contributed by atoms with van der Waals surface area (Å²) in [5, 5.41) is 0.420. The van der Waals surface area contributed by atoms with Gasteiger partial charge in [0.2, 0.25) is 5.91 Å². The van der Waals surface area contributed by atoms with Gasteiger partial charge in [0.15, 0.2) is 0 Å². The Morgan fingerprint density at radius 3 is 2.65 bits per heavy atom. The van der Waals surface area contributed by atoms with Crippen molar-refractivity contribution in [3.8, 4) is 0 Å². The Hall–Kier alpha value is -1.09. The van der Waals surface area contributed by atoms with Crippen molar-refractivity contribution in [2.45, 2.75) is 57.5 Å². The lowest BCUT2D eigenvalue weighted by molar-refractivity contribution is -0.133. The minimum absolute atomic E-state index is 0.198. The summed E-state index contributed by atoms with van der Waals surface area (Å²) in [6, 6.07) is 5.02. The van der Waals surface area contributed by atoms with Crippen molar-refractivity contribution in [2.75, 3.05) is 0 Å². The largest absolute Gasteiger partial charge is 0.335 e. The Balaban J connectivity index is 1.46. The lowest BCUT2D eigenvalue weighted by atomic mass is 9.86. The number of halogens is 2. The van der Waals surface area contributed by atoms with Gasteiger partial charge in [-0.1, -0.05) is 24.1 Å². The molecule has 0 N–H and O–H groups in total. The van der Waals surface area contributed by atoms with Crippen LogP contribution in [0, 0.1) is 23.6 Å². The van der Waals surface area contributed by atoms with E-state index in [1.54, 1.807) is 12.1 Å². The number of carbonyl (C=O) groups is 1. The van der Waals surface area contributed by atoms with Crippen LogP contribution in [0.3, 0.4) is 0 Å². The first-order valence-electron chi connectivity index (χ1n) is 8.84. The third kappa shape index (κ3) is 3.13. The molecule has 0 aromatic heterocycles. The molecule has 0 aliphatic heterocycles. The molecule has 2 nitrogen and oxygen atoms in total. The molecule has 3 aliphatic rings. The topological polar surface area (TPSA) is 20.3 Å². The molecule has 0 radical (unpaired) electrons. The molecule has 4 rings (SSSR count). The van der Waals surface area contributed by atoms with Gasteiger partial charge in [-0.25, -0.2) is 4.39 Å². The van der Waals surface area contributed by atoms with Crippen LogP contribution in [0.2, 0.25) is 5.02 Å². The molecule has 3 fully saturated rings. The monoisotopic (exact) mass is 335 g/mol. The van der Waals surface area contributed by atoms with Gasteiger partial charge in [-0.15, -0.1) is 0 Å². The van der Waals surface area contributed by atoms with Crippen LogP contribution in [-0.4, -0.2) is 16.8 Å². The van der Waals surface area contributed by atoms with E-state index in [9.17, 15) is 9.18 Å². The van der Waals surface area contributed by atoms with E-state index in [-0.39, 0.29) is 17.8 Å². The molecule has 3 aliphatic carbocycles. The smallest absolute Gasteiger partial charge is 0.223 e. The molecule has 2 bridgehead atoms. The molecular formula is C19H23ClFNO. The second kappa shape index (κ2) is 6.08. The normalized spacial score (nSPS) is 29.0. The van der Waals surface area contributed by atoms with Gasteiger partial charge in [-0.05, 0) is 62.0 Å². The predicted octanol–water partition coefficient (Wildman–Crippen LogP) is 4.80. The van der Waals surface area contributed by atoms with Gasteiger partial charge in [0.1, 0.15) is 5.82 Å². The second-order valence-electron chi connectivity index (χ2n) is 7.59. The summed E-state index contributed by atoms with van der Waals surface area (Å²) in [4.78, 5) is 14.7. The molecule has 1 amide bonds. The number of carbonyl (C=O) groups excluding carboxylic acids is 1. The molecule has 1 aromatic carbocycles. The molecule has 1 aromatic rings. The van der Waals surface area contributed by atoms with E-state index in [1.807, 2.05) is 4.90 Å². The van der Waals surface area contributed by atoms with Crippen LogP contribution in [-0.2, 0) is 11.3 Å². The fourth-order valence-corrected chi connectivity index (χ4v) is 4.85. The van der Waals surface area contributed by atoms with E-state index in [4.69, 9.17) is 11.6 Å². The molecule has 124 valence electrons. The maximum atomic E-state index is 14.1. The van der Waals surface area contributed by atoms with Gasteiger partial charge in [-0.2, -0.15) is 0 Å². The van der Waals surface area contributed by atoms with Gasteiger partial charge in [0.25, 0.3) is 0 Å². The zero-order valence-corrected chi connectivity index (χ0v) is 14.1. The fourth-order valence-electron chi connectivity index (χ4n) is 4.63. The van der Waals surface area contributed by atoms with Crippen molar-refractivity contribution in [1.29, 1.82) is 0 Å². The molecule has 3 unspecified atom stereocenters. The number of nitrogens with zero attached hydrogens (tertiary/aromatic N) is 1. The quantitative estimate of drug-likeness (QED) is 0.757. The Kier molecular flexibility index (Phi) is 4.08. The van der Waals surface area contributed by atoms with E-state index < -0.39 is 0 Å². The van der Waals surface area contributed by atoms with Gasteiger partial charge < -0.3 is 4.90 Å². The summed E-state index contributed by atoms with van der Waals surface area (Å²) < 4.78 is 14.1. The van der Waals surface area contributed by atoms with Crippen LogP contribution in [0.1, 0.15) is 50.5 Å². The lowest BCUT2D eigenvalue weighted by Gasteiger charge is -2.27. The molecular weight excluding hydrogens is 313 g/mol. The van der Waals surface area contributed by atoms with Gasteiger partial charge in [0.05, 0.1) is 6.54 Å². The van der Waals surface area contributed by atoms with Crippen LogP contribution in [0.15, 0.2) is 18.2 Å². The molecule has 0 saturated heterocycles. The van der Waals surface area contributed by atoms with E-state index >= 15 is 0 Å². The van der Waals surface area contributed by atoms with Gasteiger partial charge >= 0.3 is 0 Å². The first kappa shape index (κ1) is 15.4. The zero-order valence-electron chi connectivity index (χ0n) is 13.3. The Morgan fingerprint density at radius 2 is 2.04 bits per heavy atom. The first-order chi connectivity index (χ1) is 11.1. The molecule has 3 saturated carbocycles. The fraction of sp³-hybridized carbons (Fsp3) is 0.632. The Labute approximate surface area is 142 Å². The number of hydrogen-bond donors (Lipinski definition) is 0. The first-order valence-corrected chi connectivity index (χ1v) is 9.22. The van der Waals surface area contributed by atoms with Gasteiger partial charge in [0, 0.05) is 23.0 Å². The standard InChI is InChI=1S/C19H23ClFNO/c20-17-2-1-3-18(21)16(17)11-22(15-6-7-15)19(23)10-14-9-12-4-5-13(14)8-12/h1-3,12-15H,4-11H2. The number of hydrogen-bond acceptors (Lipinski definition) is 1. The summed E-state index contributed by atoms with van der Waals surface area (Å²) in [7, 11) is 0. The number of benzene rings is 1. The average molecular weight is 336 g/mol. The van der Waals surface area contributed by atoms with Crippen molar-refractivity contribution in [3.63, 3.8) is 0 Å². The summed E-state index contributed by atoms with van der Waals surface area (Å²) in [5.74, 6) is 2.05. The van der Waals surface area contributed by atoms with Crippen LogP contribution in [0.4, 0.5) is 4.39 Å². The highest BCUT2D eigenvalue weighted by Crippen LogP contribution is 2.50. The number of rotatable bonds is 5. The molecule has 3 atom stereocenters. The SMILES string of the molecule is O=C(CC1CC2CCC1C2)N(Cc1c(F)cccc1Cl)C1CC1. The van der Waals surface area contributed by atoms with Crippen LogP contribution in [0.25, 0.3) is 0 Å². The molecule has 0 spiro atoms. The summed E-state index contributed by atoms with van der Waals surface area (Å²) >= 11 is 6.15. The Morgan fingerprint density at radius 1 is 1.22 bits per heavy atom. The maximum absolute atomic E-state index is 14.1. The minimum atomic E-state index is -0.309. The van der Waals surface area contributed by atoms with Crippen LogP contribution in [0.5, 0.6) is 0 Å². The van der Waals surface area contributed by atoms with Gasteiger partial charge in [-0.3, -0.25) is 4.79 Å². The highest BCUT2D eigenvalue weighted by Gasteiger charge is 2.42. The lowest BCUT2D eigenvalue weighted by Crippen LogP contribution is -2.35. The number of amides is 1. The number of fused-ring (bicyclic) bond motifs is 2. The third-order valence-corrected chi connectivity index (χ3v) is 6.37. The summed E-state index contributed by atoms with van der Waals surface area (Å²) in [6.45, 7) is 0.315. The van der Waals surface area contributed by atoms with Crippen molar-refractivity contribution in [1.82, 2.24) is 4.90 Å². The molecule has 0 heterocycles. The molecule has 23 heavy (non-hydrogen) atoms. The van der Waals surface area contributed by atoms with E-state index in [0.29, 0.717) is 29.5 Å². The minimum Gasteiger partial charge on any atom is -0.335 e. The maximum Gasteiger partial charge on any atom is 0.223 e. The summed E-state index contributed by atoms with van der Waals surface area (Å²) in [6.07, 6.45) is 7.90. The van der Waals surface area contributed by atoms with Crippen LogP contribution < -0.4 is 0 Å². The highest BCUT2D eigenvalue weighted by atomic mass is 35.5. The Bertz CT molecular complexity index is 595. The van der Waals surface area contributed by atoms with E-state index in [0.717, 1.165) is 24.7 Å². The van der Waals surface area contributed by atoms with Crippen molar-refractivity contribution >= 4 is 17.5 Å². The molecule has 4 heteroatoms. The average Bonchev–Trinajstić information content (AvgIpc) is 3.14. The third-order valence-electron chi connectivity index (χ3n) is 6.02. The van der Waals surface area contributed by atoms with Crippen LogP contribution >= 0.6 is 11.6 Å². The van der Waals surface area contributed by atoms with Crippen molar-refractivity contribution < 1.29 is 9.18 Å². The van der Waals surface area contributed by atoms with E-state index in [1.165, 1.54) is 31.7 Å². The van der Waals surface area contributed by atoms with E-state index in [2.05, 4.69) is 0 Å². The zero-order chi connectivity index (χ0) is 16.0. The summed E-state index contributed by atoms with van der Waals surface area (Å²) in [5.41, 5.74) is 0.461. The van der Waals surface area contributed by atoms with Crippen molar-refractivity contribution in [3.05, 3.63) is 34.6 Å². The van der Waals surface area contributed by atoms with Crippen molar-refractivity contribution in [2.24, 2.45) is 17.8 Å². The highest BCUT2D eigenvalue weighted by molar-refractivity contribution is 6.31. The second-order valence-corrected chi connectivity index (χ2v) is 8.00. The predicted molar refractivity (Wildman–Crippen MR) is 88.5 cm³/mol.